The SMILES string of the molecule is Cn1nc2cccc(NC(=O)c3c[nH]c(=O)cn3)c2n1. The number of carbonyl (C=O) groups is 1. The van der Waals surface area contributed by atoms with Crippen molar-refractivity contribution in [3.8, 4) is 0 Å². The number of hydrogen-bond acceptors (Lipinski definition) is 5. The summed E-state index contributed by atoms with van der Waals surface area (Å²) in [7, 11) is 1.70. The average Bonchev–Trinajstić information content (AvgIpc) is 2.81. The number of H-pyrrole nitrogens is 1. The minimum Gasteiger partial charge on any atom is -0.325 e. The monoisotopic (exact) mass is 270 g/mol. The fourth-order valence-corrected chi connectivity index (χ4v) is 1.79. The molecule has 1 aromatic carbocycles. The van der Waals surface area contributed by atoms with Gasteiger partial charge in [-0.05, 0) is 12.1 Å². The highest BCUT2D eigenvalue weighted by Crippen LogP contribution is 2.19. The second kappa shape index (κ2) is 4.57. The number of benzene rings is 1. The molecular weight excluding hydrogens is 260 g/mol. The molecule has 0 fully saturated rings. The van der Waals surface area contributed by atoms with Crippen LogP contribution in [0.4, 0.5) is 5.69 Å². The quantitative estimate of drug-likeness (QED) is 0.696. The molecule has 20 heavy (non-hydrogen) atoms. The van der Waals surface area contributed by atoms with Gasteiger partial charge in [-0.1, -0.05) is 6.07 Å². The van der Waals surface area contributed by atoms with Gasteiger partial charge in [-0.25, -0.2) is 4.98 Å². The summed E-state index contributed by atoms with van der Waals surface area (Å²) in [5.41, 5.74) is 1.56. The van der Waals surface area contributed by atoms with Crippen LogP contribution >= 0.6 is 0 Å². The Morgan fingerprint density at radius 3 is 2.95 bits per heavy atom. The number of rotatable bonds is 2. The zero-order valence-electron chi connectivity index (χ0n) is 10.5. The zero-order chi connectivity index (χ0) is 14.1. The Bertz CT molecular complexity index is 830. The zero-order valence-corrected chi connectivity index (χ0v) is 10.5. The number of aromatic amines is 1. The van der Waals surface area contributed by atoms with E-state index in [1.165, 1.54) is 11.0 Å². The van der Waals surface area contributed by atoms with Crippen LogP contribution in [0.5, 0.6) is 0 Å². The van der Waals surface area contributed by atoms with Crippen molar-refractivity contribution in [2.75, 3.05) is 5.32 Å². The number of nitrogens with one attached hydrogen (secondary N) is 2. The largest absolute Gasteiger partial charge is 0.325 e. The van der Waals surface area contributed by atoms with Crippen molar-refractivity contribution in [2.45, 2.75) is 0 Å². The van der Waals surface area contributed by atoms with Crippen LogP contribution in [0.3, 0.4) is 0 Å². The highest BCUT2D eigenvalue weighted by Gasteiger charge is 2.12. The van der Waals surface area contributed by atoms with Crippen LogP contribution in [0.15, 0.2) is 35.4 Å². The Morgan fingerprint density at radius 2 is 2.20 bits per heavy atom. The molecule has 0 aliphatic rings. The molecule has 8 nitrogen and oxygen atoms in total. The molecule has 2 aromatic heterocycles. The van der Waals surface area contributed by atoms with Crippen molar-refractivity contribution < 1.29 is 4.79 Å². The maximum Gasteiger partial charge on any atom is 0.275 e. The molecule has 100 valence electrons. The maximum absolute atomic E-state index is 12.0. The summed E-state index contributed by atoms with van der Waals surface area (Å²) in [6, 6.07) is 5.30. The van der Waals surface area contributed by atoms with Gasteiger partial charge >= 0.3 is 0 Å². The molecule has 8 heteroatoms. The van der Waals surface area contributed by atoms with Crippen molar-refractivity contribution in [3.05, 3.63) is 46.6 Å². The van der Waals surface area contributed by atoms with Crippen LogP contribution in [0.1, 0.15) is 10.5 Å². The third-order valence-corrected chi connectivity index (χ3v) is 2.66. The standard InChI is InChI=1S/C12H10N6O2/c1-18-16-8-4-2-3-7(11(8)17-18)15-12(20)9-5-14-10(19)6-13-9/h2-6H,1H3,(H,14,19)(H,15,20). The molecule has 3 aromatic rings. The summed E-state index contributed by atoms with van der Waals surface area (Å²) in [5, 5.41) is 11.0. The lowest BCUT2D eigenvalue weighted by molar-refractivity contribution is 0.102. The van der Waals surface area contributed by atoms with Crippen LogP contribution in [0.2, 0.25) is 0 Å². The molecule has 0 aliphatic heterocycles. The van der Waals surface area contributed by atoms with Gasteiger partial charge in [-0.15, -0.1) is 0 Å². The fourth-order valence-electron chi connectivity index (χ4n) is 1.79. The highest BCUT2D eigenvalue weighted by atomic mass is 16.2. The van der Waals surface area contributed by atoms with E-state index in [2.05, 4.69) is 25.5 Å². The number of carbonyl (C=O) groups excluding carboxylic acids is 1. The predicted octanol–water partition coefficient (Wildman–Crippen LogP) is 0.304. The van der Waals surface area contributed by atoms with E-state index < -0.39 is 5.91 Å². The van der Waals surface area contributed by atoms with Gasteiger partial charge in [0.25, 0.3) is 11.5 Å². The summed E-state index contributed by atoms with van der Waals surface area (Å²) in [6.07, 6.45) is 2.31. The van der Waals surface area contributed by atoms with E-state index in [4.69, 9.17) is 0 Å². The molecule has 0 spiro atoms. The van der Waals surface area contributed by atoms with Crippen LogP contribution in [-0.4, -0.2) is 30.9 Å². The molecule has 2 N–H and O–H groups in total. The van der Waals surface area contributed by atoms with E-state index >= 15 is 0 Å². The number of aromatic nitrogens is 5. The van der Waals surface area contributed by atoms with Crippen molar-refractivity contribution in [3.63, 3.8) is 0 Å². The minimum atomic E-state index is -0.431. The van der Waals surface area contributed by atoms with E-state index in [0.29, 0.717) is 16.7 Å². The second-order valence-corrected chi connectivity index (χ2v) is 4.11. The number of aryl methyl sites for hydroxylation is 1. The Balaban J connectivity index is 1.94. The Labute approximate surface area is 112 Å². The molecule has 0 unspecified atom stereocenters. The lowest BCUT2D eigenvalue weighted by atomic mass is 10.2. The molecule has 0 radical (unpaired) electrons. The molecule has 0 bridgehead atoms. The van der Waals surface area contributed by atoms with Gasteiger partial charge in [0.15, 0.2) is 0 Å². The molecule has 1 amide bonds. The van der Waals surface area contributed by atoms with E-state index in [-0.39, 0.29) is 11.3 Å². The summed E-state index contributed by atoms with van der Waals surface area (Å²) < 4.78 is 0. The van der Waals surface area contributed by atoms with Crippen LogP contribution in [0.25, 0.3) is 11.0 Å². The van der Waals surface area contributed by atoms with E-state index in [0.717, 1.165) is 6.20 Å². The molecule has 0 atom stereocenters. The van der Waals surface area contributed by atoms with E-state index in [9.17, 15) is 9.59 Å². The first-order valence-corrected chi connectivity index (χ1v) is 5.79. The number of fused-ring (bicyclic) bond motifs is 1. The van der Waals surface area contributed by atoms with Crippen molar-refractivity contribution in [1.82, 2.24) is 25.0 Å². The molecule has 2 heterocycles. The van der Waals surface area contributed by atoms with Gasteiger partial charge in [0.1, 0.15) is 16.7 Å². The first-order chi connectivity index (χ1) is 9.63. The van der Waals surface area contributed by atoms with Gasteiger partial charge in [0.2, 0.25) is 0 Å². The first kappa shape index (κ1) is 12.0. The van der Waals surface area contributed by atoms with Crippen LogP contribution in [-0.2, 0) is 7.05 Å². The van der Waals surface area contributed by atoms with E-state index in [1.54, 1.807) is 25.2 Å². The molecule has 0 saturated heterocycles. The summed E-state index contributed by atoms with van der Waals surface area (Å²) >= 11 is 0. The van der Waals surface area contributed by atoms with Gasteiger partial charge in [0, 0.05) is 13.2 Å². The molecular formula is C12H10N6O2. The Morgan fingerprint density at radius 1 is 1.35 bits per heavy atom. The lowest BCUT2D eigenvalue weighted by Gasteiger charge is -2.04. The fraction of sp³-hybridized carbons (Fsp3) is 0.0833. The van der Waals surface area contributed by atoms with Gasteiger partial charge in [-0.3, -0.25) is 9.59 Å². The molecule has 3 rings (SSSR count). The second-order valence-electron chi connectivity index (χ2n) is 4.11. The van der Waals surface area contributed by atoms with E-state index in [1.807, 2.05) is 0 Å². The Kier molecular flexibility index (Phi) is 2.75. The van der Waals surface area contributed by atoms with Crippen molar-refractivity contribution in [2.24, 2.45) is 7.05 Å². The van der Waals surface area contributed by atoms with Crippen LogP contribution < -0.4 is 10.9 Å². The normalized spacial score (nSPS) is 10.7. The molecule has 0 saturated carbocycles. The van der Waals surface area contributed by atoms with Crippen molar-refractivity contribution in [1.29, 1.82) is 0 Å². The predicted molar refractivity (Wildman–Crippen MR) is 71.3 cm³/mol. The van der Waals surface area contributed by atoms with Crippen molar-refractivity contribution >= 4 is 22.6 Å². The number of nitrogens with zero attached hydrogens (tertiary/aromatic N) is 4. The van der Waals surface area contributed by atoms with Gasteiger partial charge < -0.3 is 10.3 Å². The smallest absolute Gasteiger partial charge is 0.275 e. The average molecular weight is 270 g/mol. The van der Waals surface area contributed by atoms with Gasteiger partial charge in [0.05, 0.1) is 11.9 Å². The summed E-state index contributed by atoms with van der Waals surface area (Å²) in [5.74, 6) is -0.431. The summed E-state index contributed by atoms with van der Waals surface area (Å²) in [6.45, 7) is 0. The topological polar surface area (TPSA) is 106 Å². The van der Waals surface area contributed by atoms with Gasteiger partial charge in [-0.2, -0.15) is 15.0 Å². The number of hydrogen-bond donors (Lipinski definition) is 2. The maximum atomic E-state index is 12.0. The summed E-state index contributed by atoms with van der Waals surface area (Å²) in [4.78, 5) is 30.5. The third kappa shape index (κ3) is 2.14. The Hall–Kier alpha value is -3.03. The first-order valence-electron chi connectivity index (χ1n) is 5.79. The highest BCUT2D eigenvalue weighted by molar-refractivity contribution is 6.06. The third-order valence-electron chi connectivity index (χ3n) is 2.66. The van der Waals surface area contributed by atoms with Crippen LogP contribution in [0, 0.1) is 0 Å². The number of amides is 1. The lowest BCUT2D eigenvalue weighted by Crippen LogP contribution is -2.17. The molecule has 0 aliphatic carbocycles. The minimum absolute atomic E-state index is 0.116. The number of anilines is 1.